The van der Waals surface area contributed by atoms with Crippen LogP contribution in [-0.2, 0) is 4.79 Å². The average molecular weight is 361 g/mol. The summed E-state index contributed by atoms with van der Waals surface area (Å²) in [6.45, 7) is 3.10. The zero-order valence-electron chi connectivity index (χ0n) is 16.2. The summed E-state index contributed by atoms with van der Waals surface area (Å²) in [7, 11) is 1.68. The van der Waals surface area contributed by atoms with Crippen molar-refractivity contribution < 1.29 is 20.1 Å². The predicted molar refractivity (Wildman–Crippen MR) is 101 cm³/mol. The van der Waals surface area contributed by atoms with Crippen LogP contribution in [0.25, 0.3) is 0 Å². The van der Waals surface area contributed by atoms with Crippen molar-refractivity contribution in [2.24, 2.45) is 5.92 Å². The molecule has 3 unspecified atom stereocenters. The molecule has 0 aliphatic carbocycles. The van der Waals surface area contributed by atoms with E-state index in [1.54, 1.807) is 7.05 Å². The Morgan fingerprint density at radius 2 is 1.52 bits per heavy atom. The Morgan fingerprint density at radius 3 is 2.04 bits per heavy atom. The molecule has 6 heteroatoms. The molecule has 0 heterocycles. The number of rotatable bonds is 17. The van der Waals surface area contributed by atoms with Crippen LogP contribution in [0.5, 0.6) is 0 Å². The Morgan fingerprint density at radius 1 is 0.960 bits per heavy atom. The Hall–Kier alpha value is -0.690. The van der Waals surface area contributed by atoms with Crippen molar-refractivity contribution in [3.63, 3.8) is 0 Å². The number of aliphatic hydroxyl groups is 3. The molecule has 0 radical (unpaired) electrons. The summed E-state index contributed by atoms with van der Waals surface area (Å²) in [5, 5.41) is 34.8. The van der Waals surface area contributed by atoms with E-state index in [9.17, 15) is 20.1 Å². The molecule has 0 aromatic carbocycles. The maximum atomic E-state index is 11.1. The second-order valence-corrected chi connectivity index (χ2v) is 6.86. The van der Waals surface area contributed by atoms with Gasteiger partial charge in [-0.15, -0.1) is 0 Å². The smallest absolute Gasteiger partial charge is 0.219 e. The lowest BCUT2D eigenvalue weighted by Crippen LogP contribution is -2.41. The Balaban J connectivity index is 3.42. The molecule has 0 aromatic rings. The number of nitrogens with one attached hydrogen (secondary N) is 2. The summed E-state index contributed by atoms with van der Waals surface area (Å²) >= 11 is 0. The van der Waals surface area contributed by atoms with Crippen LogP contribution in [0.15, 0.2) is 0 Å². The van der Waals surface area contributed by atoms with Gasteiger partial charge in [-0.1, -0.05) is 45.4 Å². The SMILES string of the molecule is CCC(O)C(O)C(CO)CNCCCCCCCCCCC(=O)NC. The molecule has 0 bridgehead atoms. The van der Waals surface area contributed by atoms with E-state index in [0.29, 0.717) is 19.4 Å². The molecule has 150 valence electrons. The third kappa shape index (κ3) is 13.2. The highest BCUT2D eigenvalue weighted by molar-refractivity contribution is 5.75. The lowest BCUT2D eigenvalue weighted by atomic mass is 9.97. The minimum Gasteiger partial charge on any atom is -0.396 e. The van der Waals surface area contributed by atoms with Crippen LogP contribution in [0.3, 0.4) is 0 Å². The van der Waals surface area contributed by atoms with Crippen LogP contribution in [0.2, 0.25) is 0 Å². The highest BCUT2D eigenvalue weighted by atomic mass is 16.3. The van der Waals surface area contributed by atoms with Gasteiger partial charge < -0.3 is 26.0 Å². The first kappa shape index (κ1) is 24.3. The van der Waals surface area contributed by atoms with Gasteiger partial charge in [-0.3, -0.25) is 4.79 Å². The normalized spacial score (nSPS) is 14.9. The topological polar surface area (TPSA) is 102 Å². The van der Waals surface area contributed by atoms with Crippen LogP contribution in [-0.4, -0.2) is 60.2 Å². The number of carbonyl (C=O) groups excluding carboxylic acids is 1. The van der Waals surface area contributed by atoms with Gasteiger partial charge in [0.2, 0.25) is 5.91 Å². The van der Waals surface area contributed by atoms with E-state index < -0.39 is 12.2 Å². The van der Waals surface area contributed by atoms with Gasteiger partial charge in [0.15, 0.2) is 0 Å². The molecule has 0 aromatic heterocycles. The van der Waals surface area contributed by atoms with Crippen LogP contribution in [0.4, 0.5) is 0 Å². The molecule has 0 aliphatic heterocycles. The van der Waals surface area contributed by atoms with E-state index >= 15 is 0 Å². The van der Waals surface area contributed by atoms with Crippen LogP contribution in [0, 0.1) is 5.92 Å². The largest absolute Gasteiger partial charge is 0.396 e. The van der Waals surface area contributed by atoms with Crippen molar-refractivity contribution in [1.82, 2.24) is 10.6 Å². The van der Waals surface area contributed by atoms with Crippen molar-refractivity contribution in [3.05, 3.63) is 0 Å². The second kappa shape index (κ2) is 16.8. The van der Waals surface area contributed by atoms with E-state index in [1.807, 2.05) is 6.92 Å². The molecule has 1 amide bonds. The quantitative estimate of drug-likeness (QED) is 0.253. The van der Waals surface area contributed by atoms with Crippen molar-refractivity contribution >= 4 is 5.91 Å². The first-order chi connectivity index (χ1) is 12.1. The third-order valence-electron chi connectivity index (χ3n) is 4.72. The summed E-state index contributed by atoms with van der Waals surface area (Å²) in [5.41, 5.74) is 0. The van der Waals surface area contributed by atoms with Crippen LogP contribution < -0.4 is 10.6 Å². The van der Waals surface area contributed by atoms with E-state index in [4.69, 9.17) is 0 Å². The molecule has 5 N–H and O–H groups in total. The monoisotopic (exact) mass is 360 g/mol. The van der Waals surface area contributed by atoms with Crippen LogP contribution >= 0.6 is 0 Å². The van der Waals surface area contributed by atoms with Gasteiger partial charge in [-0.25, -0.2) is 0 Å². The predicted octanol–water partition coefficient (Wildman–Crippen LogP) is 1.57. The van der Waals surface area contributed by atoms with Gasteiger partial charge in [-0.05, 0) is 25.8 Å². The number of carbonyl (C=O) groups is 1. The van der Waals surface area contributed by atoms with Crippen molar-refractivity contribution in [2.75, 3.05) is 26.7 Å². The fraction of sp³-hybridized carbons (Fsp3) is 0.947. The Bertz CT molecular complexity index is 316. The number of unbranched alkanes of at least 4 members (excludes halogenated alkanes) is 7. The minimum atomic E-state index is -0.870. The molecule has 25 heavy (non-hydrogen) atoms. The maximum Gasteiger partial charge on any atom is 0.219 e. The number of amides is 1. The lowest BCUT2D eigenvalue weighted by Gasteiger charge is -2.25. The van der Waals surface area contributed by atoms with Gasteiger partial charge in [0.25, 0.3) is 0 Å². The summed E-state index contributed by atoms with van der Waals surface area (Å²) < 4.78 is 0. The summed E-state index contributed by atoms with van der Waals surface area (Å²) in [6.07, 6.45) is 8.75. The number of aliphatic hydroxyl groups excluding tert-OH is 3. The van der Waals surface area contributed by atoms with E-state index in [2.05, 4.69) is 10.6 Å². The summed E-state index contributed by atoms with van der Waals surface area (Å²) in [6, 6.07) is 0. The first-order valence-corrected chi connectivity index (χ1v) is 9.95. The van der Waals surface area contributed by atoms with Crippen molar-refractivity contribution in [2.45, 2.75) is 83.3 Å². The molecule has 0 aliphatic rings. The zero-order chi connectivity index (χ0) is 18.9. The highest BCUT2D eigenvalue weighted by Crippen LogP contribution is 2.11. The molecule has 0 fully saturated rings. The van der Waals surface area contributed by atoms with E-state index in [-0.39, 0.29) is 18.4 Å². The van der Waals surface area contributed by atoms with Gasteiger partial charge in [-0.2, -0.15) is 0 Å². The third-order valence-corrected chi connectivity index (χ3v) is 4.72. The lowest BCUT2D eigenvalue weighted by molar-refractivity contribution is -0.120. The first-order valence-electron chi connectivity index (χ1n) is 9.95. The van der Waals surface area contributed by atoms with Crippen molar-refractivity contribution in [3.8, 4) is 0 Å². The second-order valence-electron chi connectivity index (χ2n) is 6.86. The van der Waals surface area contributed by atoms with Crippen LogP contribution in [0.1, 0.15) is 71.1 Å². The fourth-order valence-corrected chi connectivity index (χ4v) is 2.86. The summed E-state index contributed by atoms with van der Waals surface area (Å²) in [5.74, 6) is -0.183. The number of hydrogen-bond acceptors (Lipinski definition) is 5. The number of hydrogen-bond donors (Lipinski definition) is 5. The van der Waals surface area contributed by atoms with Gasteiger partial charge >= 0.3 is 0 Å². The minimum absolute atomic E-state index is 0.120. The molecule has 0 rings (SSSR count). The molecule has 3 atom stereocenters. The molecule has 0 spiro atoms. The maximum absolute atomic E-state index is 11.1. The van der Waals surface area contributed by atoms with Gasteiger partial charge in [0, 0.05) is 32.5 Å². The van der Waals surface area contributed by atoms with E-state index in [0.717, 1.165) is 25.8 Å². The average Bonchev–Trinajstić information content (AvgIpc) is 2.64. The fourth-order valence-electron chi connectivity index (χ4n) is 2.86. The Labute approximate surface area is 153 Å². The van der Waals surface area contributed by atoms with Gasteiger partial charge in [0.05, 0.1) is 12.2 Å². The zero-order valence-corrected chi connectivity index (χ0v) is 16.2. The Kier molecular flexibility index (Phi) is 16.3. The van der Waals surface area contributed by atoms with Crippen molar-refractivity contribution in [1.29, 1.82) is 0 Å². The molecule has 0 saturated heterocycles. The summed E-state index contributed by atoms with van der Waals surface area (Å²) in [4.78, 5) is 11.1. The molecular formula is C19H40N2O4. The van der Waals surface area contributed by atoms with Gasteiger partial charge in [0.1, 0.15) is 0 Å². The standard InChI is InChI=1S/C19H40N2O4/c1-3-17(23)19(25)16(15-22)14-21-13-11-9-7-5-4-6-8-10-12-18(24)20-2/h16-17,19,21-23,25H,3-15H2,1-2H3,(H,20,24). The molecule has 0 saturated carbocycles. The molecular weight excluding hydrogens is 320 g/mol. The molecule has 6 nitrogen and oxygen atoms in total. The highest BCUT2D eigenvalue weighted by Gasteiger charge is 2.24. The van der Waals surface area contributed by atoms with E-state index in [1.165, 1.54) is 32.1 Å².